The van der Waals surface area contributed by atoms with Crippen molar-refractivity contribution in [2.75, 3.05) is 20.1 Å². The summed E-state index contributed by atoms with van der Waals surface area (Å²) in [5.74, 6) is 0.563. The number of aryl methyl sites for hydroxylation is 1. The van der Waals surface area contributed by atoms with Gasteiger partial charge in [0.15, 0.2) is 0 Å². The van der Waals surface area contributed by atoms with Gasteiger partial charge in [-0.1, -0.05) is 0 Å². The van der Waals surface area contributed by atoms with Crippen molar-refractivity contribution in [3.8, 4) is 5.75 Å². The lowest BCUT2D eigenvalue weighted by atomic mass is 10.1. The molecule has 3 heterocycles. The first kappa shape index (κ1) is 17.3. The summed E-state index contributed by atoms with van der Waals surface area (Å²) >= 11 is 0. The zero-order chi connectivity index (χ0) is 18.0. The van der Waals surface area contributed by atoms with E-state index in [0.29, 0.717) is 31.6 Å². The Morgan fingerprint density at radius 3 is 2.96 bits per heavy atom. The van der Waals surface area contributed by atoms with Crippen LogP contribution in [0.3, 0.4) is 0 Å². The number of aromatic hydroxyl groups is 1. The number of likely N-dealkylation sites (tertiary alicyclic amines) is 1. The highest BCUT2D eigenvalue weighted by molar-refractivity contribution is 5.94. The Kier molecular flexibility index (Phi) is 4.98. The maximum absolute atomic E-state index is 14.0. The topological polar surface area (TPSA) is 74.5 Å². The van der Waals surface area contributed by atoms with E-state index in [1.165, 1.54) is 18.5 Å². The van der Waals surface area contributed by atoms with Crippen molar-refractivity contribution in [2.24, 2.45) is 7.05 Å². The number of hydrogen-bond acceptors (Lipinski definition) is 5. The second kappa shape index (κ2) is 7.18. The number of hydrogen-bond donors (Lipinski definition) is 1. The number of likely N-dealkylation sites (N-methyl/N-ethyl adjacent to an activating group) is 1. The summed E-state index contributed by atoms with van der Waals surface area (Å²) in [7, 11) is 3.59. The molecule has 25 heavy (non-hydrogen) atoms. The largest absolute Gasteiger partial charge is 0.506 e. The van der Waals surface area contributed by atoms with Crippen LogP contribution >= 0.6 is 0 Å². The number of carbonyl (C=O) groups excluding carboxylic acids is 1. The molecule has 2 aromatic heterocycles. The van der Waals surface area contributed by atoms with Crippen LogP contribution in [0.5, 0.6) is 5.75 Å². The average Bonchev–Trinajstić information content (AvgIpc) is 3.13. The van der Waals surface area contributed by atoms with Crippen LogP contribution in [0.15, 0.2) is 30.9 Å². The van der Waals surface area contributed by atoms with Crippen LogP contribution in [0.25, 0.3) is 0 Å². The maximum atomic E-state index is 14.0. The van der Waals surface area contributed by atoms with E-state index in [1.54, 1.807) is 18.1 Å². The van der Waals surface area contributed by atoms with E-state index in [1.807, 2.05) is 22.7 Å². The summed E-state index contributed by atoms with van der Waals surface area (Å²) in [4.78, 5) is 24.2. The van der Waals surface area contributed by atoms with Crippen molar-refractivity contribution in [3.05, 3.63) is 42.2 Å². The number of carbonyl (C=O) groups is 1. The van der Waals surface area contributed by atoms with Crippen LogP contribution in [0.1, 0.15) is 22.6 Å². The highest BCUT2D eigenvalue weighted by atomic mass is 19.1. The molecule has 0 radical (unpaired) electrons. The van der Waals surface area contributed by atoms with Crippen LogP contribution in [-0.2, 0) is 13.6 Å². The quantitative estimate of drug-likeness (QED) is 0.880. The highest BCUT2D eigenvalue weighted by Gasteiger charge is 2.34. The Morgan fingerprint density at radius 1 is 1.48 bits per heavy atom. The lowest BCUT2D eigenvalue weighted by Crippen LogP contribution is -2.41. The van der Waals surface area contributed by atoms with Gasteiger partial charge < -0.3 is 14.6 Å². The average molecular weight is 347 g/mol. The smallest absolute Gasteiger partial charge is 0.255 e. The number of imidazole rings is 1. The van der Waals surface area contributed by atoms with Crippen LogP contribution in [0.4, 0.5) is 4.39 Å². The molecule has 1 aliphatic heterocycles. The molecule has 0 aliphatic carbocycles. The van der Waals surface area contributed by atoms with Crippen molar-refractivity contribution in [1.82, 2.24) is 24.3 Å². The van der Waals surface area contributed by atoms with E-state index in [0.717, 1.165) is 5.82 Å². The second-order valence-electron chi connectivity index (χ2n) is 6.49. The summed E-state index contributed by atoms with van der Waals surface area (Å²) < 4.78 is 15.9. The Balaban J connectivity index is 1.67. The van der Waals surface area contributed by atoms with E-state index in [-0.39, 0.29) is 17.7 Å². The normalized spacial score (nSPS) is 20.8. The third-order valence-corrected chi connectivity index (χ3v) is 4.54. The highest BCUT2D eigenvalue weighted by Crippen LogP contribution is 2.23. The lowest BCUT2D eigenvalue weighted by molar-refractivity contribution is 0.0747. The van der Waals surface area contributed by atoms with E-state index >= 15 is 0 Å². The number of halogens is 1. The molecule has 0 unspecified atom stereocenters. The summed E-state index contributed by atoms with van der Waals surface area (Å²) in [6.07, 6.45) is 5.75. The number of nitrogens with zero attached hydrogens (tertiary/aromatic N) is 5. The molecule has 1 fully saturated rings. The van der Waals surface area contributed by atoms with Gasteiger partial charge in [0, 0.05) is 51.8 Å². The van der Waals surface area contributed by atoms with Gasteiger partial charge in [-0.3, -0.25) is 14.7 Å². The minimum Gasteiger partial charge on any atom is -0.506 e. The molecule has 1 aliphatic rings. The Labute approximate surface area is 145 Å². The van der Waals surface area contributed by atoms with Crippen molar-refractivity contribution >= 4 is 5.91 Å². The molecule has 1 amide bonds. The summed E-state index contributed by atoms with van der Waals surface area (Å²) in [6.45, 7) is 1.29. The van der Waals surface area contributed by atoms with Crippen molar-refractivity contribution in [2.45, 2.75) is 25.2 Å². The van der Waals surface area contributed by atoms with Gasteiger partial charge in [0.05, 0.1) is 18.3 Å². The molecule has 0 bridgehead atoms. The molecule has 0 aromatic carbocycles. The van der Waals surface area contributed by atoms with E-state index in [2.05, 4.69) is 9.97 Å². The van der Waals surface area contributed by atoms with Gasteiger partial charge in [0.25, 0.3) is 5.91 Å². The SMILES string of the molecule is CN(C[C@@H]1C[C@H](F)CN1Cc1nccn1C)C(=O)c1cncc(O)c1. The third-order valence-electron chi connectivity index (χ3n) is 4.54. The Hall–Kier alpha value is -2.48. The minimum absolute atomic E-state index is 0.0552. The lowest BCUT2D eigenvalue weighted by Gasteiger charge is -2.28. The molecule has 1 saturated heterocycles. The van der Waals surface area contributed by atoms with Gasteiger partial charge in [-0.05, 0) is 12.5 Å². The Bertz CT molecular complexity index is 750. The van der Waals surface area contributed by atoms with Gasteiger partial charge in [0.1, 0.15) is 17.7 Å². The zero-order valence-corrected chi connectivity index (χ0v) is 14.3. The second-order valence-corrected chi connectivity index (χ2v) is 6.49. The van der Waals surface area contributed by atoms with Gasteiger partial charge in [-0.2, -0.15) is 0 Å². The van der Waals surface area contributed by atoms with Gasteiger partial charge >= 0.3 is 0 Å². The molecule has 2 aromatic rings. The maximum Gasteiger partial charge on any atom is 0.255 e. The van der Waals surface area contributed by atoms with Gasteiger partial charge in [-0.15, -0.1) is 0 Å². The minimum atomic E-state index is -0.906. The fraction of sp³-hybridized carbons (Fsp3) is 0.471. The monoisotopic (exact) mass is 347 g/mol. The van der Waals surface area contributed by atoms with Crippen molar-refractivity contribution < 1.29 is 14.3 Å². The van der Waals surface area contributed by atoms with Gasteiger partial charge in [-0.25, -0.2) is 9.37 Å². The number of pyridine rings is 1. The molecule has 7 nitrogen and oxygen atoms in total. The summed E-state index contributed by atoms with van der Waals surface area (Å²) in [5, 5.41) is 9.47. The zero-order valence-electron chi connectivity index (χ0n) is 14.3. The van der Waals surface area contributed by atoms with E-state index in [9.17, 15) is 14.3 Å². The molecule has 2 atom stereocenters. The van der Waals surface area contributed by atoms with Crippen molar-refractivity contribution in [1.29, 1.82) is 0 Å². The Morgan fingerprint density at radius 2 is 2.28 bits per heavy atom. The number of aromatic nitrogens is 3. The molecule has 134 valence electrons. The van der Waals surface area contributed by atoms with E-state index in [4.69, 9.17) is 0 Å². The predicted octanol–water partition coefficient (Wildman–Crippen LogP) is 1.21. The fourth-order valence-electron chi connectivity index (χ4n) is 3.20. The molecular formula is C17H22FN5O2. The summed E-state index contributed by atoms with van der Waals surface area (Å²) in [5.41, 5.74) is 0.313. The number of alkyl halides is 1. The molecular weight excluding hydrogens is 325 g/mol. The van der Waals surface area contributed by atoms with E-state index < -0.39 is 6.17 Å². The molecule has 3 rings (SSSR count). The third kappa shape index (κ3) is 3.96. The molecule has 8 heteroatoms. The fourth-order valence-corrected chi connectivity index (χ4v) is 3.20. The van der Waals surface area contributed by atoms with Gasteiger partial charge in [0.2, 0.25) is 0 Å². The van der Waals surface area contributed by atoms with Crippen LogP contribution in [0.2, 0.25) is 0 Å². The molecule has 0 spiro atoms. The number of amides is 1. The first-order valence-electron chi connectivity index (χ1n) is 8.18. The molecule has 1 N–H and O–H groups in total. The standard InChI is InChI=1S/C17H22FN5O2/c1-21-4-3-20-16(21)11-23-9-13(18)6-14(23)10-22(2)17(25)12-5-15(24)8-19-7-12/h3-5,7-8,13-14,24H,6,9-11H2,1-2H3/t13-,14-/m0/s1. The van der Waals surface area contributed by atoms with Crippen LogP contribution in [0, 0.1) is 0 Å². The van der Waals surface area contributed by atoms with Crippen molar-refractivity contribution in [3.63, 3.8) is 0 Å². The van der Waals surface area contributed by atoms with Crippen LogP contribution < -0.4 is 0 Å². The molecule has 0 saturated carbocycles. The summed E-state index contributed by atoms with van der Waals surface area (Å²) in [6, 6.07) is 1.30. The van der Waals surface area contributed by atoms with Crippen LogP contribution in [-0.4, -0.2) is 67.7 Å². The first-order valence-corrected chi connectivity index (χ1v) is 8.18. The number of rotatable bonds is 5. The predicted molar refractivity (Wildman–Crippen MR) is 89.8 cm³/mol. The first-order chi connectivity index (χ1) is 11.9.